The van der Waals surface area contributed by atoms with Crippen molar-refractivity contribution in [3.63, 3.8) is 0 Å². The molecule has 3 nitrogen and oxygen atoms in total. The first kappa shape index (κ1) is 15.2. The normalized spacial score (nSPS) is 13.3. The van der Waals surface area contributed by atoms with E-state index in [1.165, 1.54) is 0 Å². The van der Waals surface area contributed by atoms with Crippen LogP contribution >= 0.6 is 0 Å². The van der Waals surface area contributed by atoms with E-state index in [1.807, 2.05) is 6.08 Å². The van der Waals surface area contributed by atoms with Gasteiger partial charge in [-0.25, -0.2) is 0 Å². The van der Waals surface area contributed by atoms with E-state index in [0.29, 0.717) is 18.9 Å². The van der Waals surface area contributed by atoms with E-state index < -0.39 is 0 Å². The van der Waals surface area contributed by atoms with Crippen LogP contribution in [0, 0.1) is 5.92 Å². The Labute approximate surface area is 101 Å². The van der Waals surface area contributed by atoms with Gasteiger partial charge in [-0.15, -0.1) is 0 Å². The summed E-state index contributed by atoms with van der Waals surface area (Å²) in [5.41, 5.74) is 0. The minimum absolute atomic E-state index is 0. The minimum Gasteiger partial charge on any atom is -0.381 e. The molecular weight excluding hydrogens is 202 g/mol. The van der Waals surface area contributed by atoms with Gasteiger partial charge in [-0.05, 0) is 12.3 Å². The van der Waals surface area contributed by atoms with Crippen LogP contribution < -0.4 is 5.32 Å². The van der Waals surface area contributed by atoms with Gasteiger partial charge in [0, 0.05) is 15.1 Å². The van der Waals surface area contributed by atoms with Gasteiger partial charge in [0.05, 0.1) is 12.5 Å². The summed E-state index contributed by atoms with van der Waals surface area (Å²) in [5.74, 6) is 0.595. The van der Waals surface area contributed by atoms with Crippen LogP contribution in [0.5, 0.6) is 0 Å². The number of methoxy groups -OCH3 is 1. The Morgan fingerprint density at radius 2 is 2.19 bits per heavy atom. The van der Waals surface area contributed by atoms with E-state index in [0.717, 1.165) is 12.8 Å². The summed E-state index contributed by atoms with van der Waals surface area (Å²) >= 11 is 0. The van der Waals surface area contributed by atoms with Crippen molar-refractivity contribution in [3.8, 4) is 0 Å². The summed E-state index contributed by atoms with van der Waals surface area (Å²) in [6.45, 7) is 6.93. The van der Waals surface area contributed by atoms with Crippen molar-refractivity contribution in [1.82, 2.24) is 5.32 Å². The molecule has 0 aliphatic rings. The molecule has 0 spiro atoms. The average molecular weight is 229 g/mol. The average Bonchev–Trinajstić information content (AvgIpc) is 2.23. The maximum atomic E-state index is 11.5. The third kappa shape index (κ3) is 8.48. The first-order chi connectivity index (χ1) is 7.60. The van der Waals surface area contributed by atoms with E-state index in [1.54, 1.807) is 7.11 Å². The molecule has 0 aromatic carbocycles. The van der Waals surface area contributed by atoms with Gasteiger partial charge in [0.25, 0.3) is 0 Å². The van der Waals surface area contributed by atoms with E-state index >= 15 is 0 Å². The number of ether oxygens (including phenoxy) is 1. The summed E-state index contributed by atoms with van der Waals surface area (Å²) in [6.07, 6.45) is 6.56. The van der Waals surface area contributed by atoms with Crippen molar-refractivity contribution in [2.24, 2.45) is 5.92 Å². The molecule has 0 bridgehead atoms. The fourth-order valence-corrected chi connectivity index (χ4v) is 1.42. The first-order valence-corrected chi connectivity index (χ1v) is 6.06. The molecule has 1 amide bonds. The van der Waals surface area contributed by atoms with Crippen LogP contribution in [-0.2, 0) is 9.53 Å². The molecule has 3 heteroatoms. The van der Waals surface area contributed by atoms with Gasteiger partial charge in [-0.1, -0.05) is 39.3 Å². The molecule has 0 aromatic heterocycles. The van der Waals surface area contributed by atoms with Gasteiger partial charge in [0.1, 0.15) is 0 Å². The lowest BCUT2D eigenvalue weighted by atomic mass is 10.1. The topological polar surface area (TPSA) is 38.3 Å². The summed E-state index contributed by atoms with van der Waals surface area (Å²) in [7, 11) is 1.66. The van der Waals surface area contributed by atoms with E-state index in [2.05, 4.69) is 32.2 Å². The fraction of sp³-hybridized carbons (Fsp3) is 0.769. The lowest BCUT2D eigenvalue weighted by Crippen LogP contribution is -2.28. The highest BCUT2D eigenvalue weighted by Crippen LogP contribution is 2.05. The van der Waals surface area contributed by atoms with Crippen molar-refractivity contribution in [1.29, 1.82) is 0 Å². The Bertz CT molecular complexity index is 217. The van der Waals surface area contributed by atoms with Crippen molar-refractivity contribution in [3.05, 3.63) is 12.2 Å². The Morgan fingerprint density at radius 1 is 1.50 bits per heavy atom. The summed E-state index contributed by atoms with van der Waals surface area (Å²) in [5, 5.41) is 2.86. The lowest BCUT2D eigenvalue weighted by molar-refractivity contribution is -0.123. The molecule has 0 heterocycles. The number of carbonyl (C=O) groups excluding carboxylic acids is 1. The third-order valence-electron chi connectivity index (χ3n) is 2.30. The largest absolute Gasteiger partial charge is 0.381 e. The van der Waals surface area contributed by atoms with Crippen molar-refractivity contribution in [2.45, 2.75) is 46.1 Å². The second-order valence-electron chi connectivity index (χ2n) is 4.33. The van der Waals surface area contributed by atoms with Crippen molar-refractivity contribution in [2.75, 3.05) is 13.7 Å². The van der Waals surface area contributed by atoms with Crippen LogP contribution in [0.4, 0.5) is 0 Å². The van der Waals surface area contributed by atoms with Crippen molar-refractivity contribution < 1.29 is 11.0 Å². The molecule has 0 rings (SSSR count). The van der Waals surface area contributed by atoms with E-state index in [9.17, 15) is 4.79 Å². The molecule has 0 radical (unpaired) electrons. The van der Waals surface area contributed by atoms with Gasteiger partial charge in [-0.3, -0.25) is 4.79 Å². The molecule has 0 fully saturated rings. The first-order valence-electron chi connectivity index (χ1n) is 6.06. The van der Waals surface area contributed by atoms with E-state index in [-0.39, 0.29) is 13.4 Å². The van der Waals surface area contributed by atoms with Gasteiger partial charge < -0.3 is 10.1 Å². The minimum atomic E-state index is 0. The molecule has 0 aromatic rings. The van der Waals surface area contributed by atoms with Gasteiger partial charge in [0.15, 0.2) is 0 Å². The molecule has 96 valence electrons. The van der Waals surface area contributed by atoms with E-state index in [4.69, 9.17) is 4.74 Å². The molecule has 0 saturated carbocycles. The second kappa shape index (κ2) is 9.40. The smallest absolute Gasteiger partial charge is 0.222 e. The lowest BCUT2D eigenvalue weighted by Gasteiger charge is -2.13. The SMILES string of the molecule is CCCC(CC(=O)NC/C=C/C(C)C)OC.[HH]. The standard InChI is InChI=1S/C13H25NO2.H2/c1-5-7-12(16-4)10-13(15)14-9-6-8-11(2)3;/h6,8,11-12H,5,7,9-10H2,1-4H3,(H,14,15);1H/b8-6+;. The Hall–Kier alpha value is -0.830. The quantitative estimate of drug-likeness (QED) is 0.650. The number of nitrogens with one attached hydrogen (secondary N) is 1. The predicted octanol–water partition coefficient (Wildman–Crippen LogP) is 2.77. The molecule has 16 heavy (non-hydrogen) atoms. The molecule has 0 aliphatic carbocycles. The predicted molar refractivity (Wildman–Crippen MR) is 69.4 cm³/mol. The summed E-state index contributed by atoms with van der Waals surface area (Å²) in [4.78, 5) is 11.5. The number of allylic oxidation sites excluding steroid dienone is 1. The van der Waals surface area contributed by atoms with Gasteiger partial charge >= 0.3 is 0 Å². The Kier molecular flexibility index (Phi) is 8.91. The molecule has 0 saturated heterocycles. The number of carbonyl (C=O) groups is 1. The number of hydrogen-bond donors (Lipinski definition) is 1. The summed E-state index contributed by atoms with van der Waals surface area (Å²) in [6, 6.07) is 0. The monoisotopic (exact) mass is 229 g/mol. The Morgan fingerprint density at radius 3 is 2.69 bits per heavy atom. The summed E-state index contributed by atoms with van der Waals surface area (Å²) < 4.78 is 5.23. The highest BCUT2D eigenvalue weighted by Gasteiger charge is 2.10. The second-order valence-corrected chi connectivity index (χ2v) is 4.33. The number of amides is 1. The van der Waals surface area contributed by atoms with Crippen LogP contribution in [-0.4, -0.2) is 25.7 Å². The maximum absolute atomic E-state index is 11.5. The third-order valence-corrected chi connectivity index (χ3v) is 2.30. The van der Waals surface area contributed by atoms with Gasteiger partial charge in [0.2, 0.25) is 5.91 Å². The molecule has 1 atom stereocenters. The van der Waals surface area contributed by atoms with Gasteiger partial charge in [-0.2, -0.15) is 0 Å². The molecule has 0 aliphatic heterocycles. The maximum Gasteiger partial charge on any atom is 0.222 e. The van der Waals surface area contributed by atoms with Crippen LogP contribution in [0.15, 0.2) is 12.2 Å². The van der Waals surface area contributed by atoms with Crippen LogP contribution in [0.1, 0.15) is 41.5 Å². The molecule has 1 unspecified atom stereocenters. The highest BCUT2D eigenvalue weighted by molar-refractivity contribution is 5.76. The Balaban J connectivity index is 0. The van der Waals surface area contributed by atoms with Crippen LogP contribution in [0.3, 0.4) is 0 Å². The molecular formula is C13H27NO2. The molecule has 1 N–H and O–H groups in total. The zero-order chi connectivity index (χ0) is 12.4. The van der Waals surface area contributed by atoms with Crippen LogP contribution in [0.2, 0.25) is 0 Å². The zero-order valence-electron chi connectivity index (χ0n) is 11.0. The number of hydrogen-bond acceptors (Lipinski definition) is 2. The van der Waals surface area contributed by atoms with Crippen LogP contribution in [0.25, 0.3) is 0 Å². The number of rotatable bonds is 8. The highest BCUT2D eigenvalue weighted by atomic mass is 16.5. The van der Waals surface area contributed by atoms with Crippen molar-refractivity contribution >= 4 is 5.91 Å². The zero-order valence-corrected chi connectivity index (χ0v) is 11.0. The fourth-order valence-electron chi connectivity index (χ4n) is 1.42.